The van der Waals surface area contributed by atoms with Crippen molar-refractivity contribution >= 4 is 22.5 Å². The van der Waals surface area contributed by atoms with Gasteiger partial charge in [0.1, 0.15) is 5.82 Å². The number of rotatable bonds is 3. The standard InChI is InChI=1S/C16H14ClFN2/c17-16-12(4-1-5-14(16)18)10-20-8-7-13-11(9-19)3-2-6-15(13)20/h1-8H,9-10,19H2. The molecule has 3 rings (SSSR count). The third kappa shape index (κ3) is 2.19. The van der Waals surface area contributed by atoms with E-state index in [0.29, 0.717) is 13.1 Å². The Labute approximate surface area is 121 Å². The van der Waals surface area contributed by atoms with Gasteiger partial charge in [-0.1, -0.05) is 35.9 Å². The fraction of sp³-hybridized carbons (Fsp3) is 0.125. The van der Waals surface area contributed by atoms with Crippen molar-refractivity contribution in [1.29, 1.82) is 0 Å². The molecule has 0 saturated heterocycles. The van der Waals surface area contributed by atoms with Gasteiger partial charge in [-0.25, -0.2) is 4.39 Å². The normalized spacial score (nSPS) is 11.2. The molecule has 0 aliphatic rings. The van der Waals surface area contributed by atoms with Gasteiger partial charge in [0.05, 0.1) is 5.02 Å². The van der Waals surface area contributed by atoms with E-state index in [1.165, 1.54) is 6.07 Å². The number of halogens is 2. The van der Waals surface area contributed by atoms with Gasteiger partial charge >= 0.3 is 0 Å². The second-order valence-corrected chi connectivity index (χ2v) is 5.09. The van der Waals surface area contributed by atoms with E-state index >= 15 is 0 Å². The summed E-state index contributed by atoms with van der Waals surface area (Å²) in [6, 6.07) is 12.9. The predicted molar refractivity (Wildman–Crippen MR) is 80.3 cm³/mol. The molecule has 0 spiro atoms. The minimum atomic E-state index is -0.386. The van der Waals surface area contributed by atoms with Crippen molar-refractivity contribution in [1.82, 2.24) is 4.57 Å². The molecule has 0 aliphatic carbocycles. The quantitative estimate of drug-likeness (QED) is 0.777. The predicted octanol–water partition coefficient (Wildman–Crippen LogP) is 3.94. The van der Waals surface area contributed by atoms with Crippen LogP contribution >= 0.6 is 11.6 Å². The molecule has 1 aromatic heterocycles. The molecule has 0 saturated carbocycles. The summed E-state index contributed by atoms with van der Waals surface area (Å²) in [6.07, 6.45) is 1.98. The van der Waals surface area contributed by atoms with E-state index in [0.717, 1.165) is 22.0 Å². The number of fused-ring (bicyclic) bond motifs is 1. The van der Waals surface area contributed by atoms with Gasteiger partial charge in [-0.3, -0.25) is 0 Å². The minimum absolute atomic E-state index is 0.185. The fourth-order valence-electron chi connectivity index (χ4n) is 2.46. The smallest absolute Gasteiger partial charge is 0.142 e. The highest BCUT2D eigenvalue weighted by Crippen LogP contribution is 2.24. The van der Waals surface area contributed by atoms with Crippen molar-refractivity contribution in [3.05, 3.63) is 70.6 Å². The molecule has 2 N–H and O–H groups in total. The first-order valence-electron chi connectivity index (χ1n) is 6.40. The van der Waals surface area contributed by atoms with Crippen molar-refractivity contribution in [3.8, 4) is 0 Å². The summed E-state index contributed by atoms with van der Waals surface area (Å²) >= 11 is 6.01. The molecule has 0 bridgehead atoms. The Balaban J connectivity index is 2.05. The monoisotopic (exact) mass is 288 g/mol. The summed E-state index contributed by atoms with van der Waals surface area (Å²) in [6.45, 7) is 1.04. The third-order valence-corrected chi connectivity index (χ3v) is 3.92. The average Bonchev–Trinajstić information content (AvgIpc) is 2.87. The van der Waals surface area contributed by atoms with Crippen molar-refractivity contribution in [2.45, 2.75) is 13.1 Å². The summed E-state index contributed by atoms with van der Waals surface area (Å²) in [5.41, 5.74) is 8.69. The van der Waals surface area contributed by atoms with E-state index in [-0.39, 0.29) is 10.8 Å². The van der Waals surface area contributed by atoms with Gasteiger partial charge in [-0.05, 0) is 29.3 Å². The minimum Gasteiger partial charge on any atom is -0.343 e. The average molecular weight is 289 g/mol. The molecule has 2 aromatic carbocycles. The van der Waals surface area contributed by atoms with Crippen LogP contribution in [0.25, 0.3) is 10.9 Å². The van der Waals surface area contributed by atoms with E-state index in [2.05, 4.69) is 4.57 Å². The Morgan fingerprint density at radius 3 is 2.60 bits per heavy atom. The van der Waals surface area contributed by atoms with Crippen LogP contribution in [0, 0.1) is 5.82 Å². The van der Waals surface area contributed by atoms with Crippen molar-refractivity contribution in [2.24, 2.45) is 5.73 Å². The first kappa shape index (κ1) is 13.2. The summed E-state index contributed by atoms with van der Waals surface area (Å²) < 4.78 is 15.5. The molecule has 0 amide bonds. The first-order chi connectivity index (χ1) is 9.70. The number of aromatic nitrogens is 1. The Bertz CT molecular complexity index is 764. The van der Waals surface area contributed by atoms with Crippen LogP contribution in [0.4, 0.5) is 4.39 Å². The Kier molecular flexibility index (Phi) is 3.47. The van der Waals surface area contributed by atoms with E-state index in [1.54, 1.807) is 6.07 Å². The lowest BCUT2D eigenvalue weighted by Gasteiger charge is -2.09. The SMILES string of the molecule is NCc1cccc2c1ccn2Cc1cccc(F)c1Cl. The Morgan fingerprint density at radius 2 is 1.80 bits per heavy atom. The molecule has 0 fully saturated rings. The van der Waals surface area contributed by atoms with Crippen LogP contribution in [0.15, 0.2) is 48.7 Å². The van der Waals surface area contributed by atoms with Gasteiger partial charge in [-0.15, -0.1) is 0 Å². The largest absolute Gasteiger partial charge is 0.343 e. The number of benzene rings is 2. The molecular weight excluding hydrogens is 275 g/mol. The maximum atomic E-state index is 13.5. The number of nitrogens with two attached hydrogens (primary N) is 1. The Morgan fingerprint density at radius 1 is 1.05 bits per heavy atom. The molecule has 4 heteroatoms. The van der Waals surface area contributed by atoms with E-state index in [1.807, 2.05) is 36.5 Å². The second-order valence-electron chi connectivity index (χ2n) is 4.71. The molecule has 2 nitrogen and oxygen atoms in total. The van der Waals surface area contributed by atoms with Crippen LogP contribution in [0.2, 0.25) is 5.02 Å². The molecular formula is C16H14ClFN2. The zero-order valence-corrected chi connectivity index (χ0v) is 11.6. The summed E-state index contributed by atoms with van der Waals surface area (Å²) in [7, 11) is 0. The zero-order chi connectivity index (χ0) is 14.1. The number of nitrogens with zero attached hydrogens (tertiary/aromatic N) is 1. The van der Waals surface area contributed by atoms with Gasteiger partial charge in [-0.2, -0.15) is 0 Å². The van der Waals surface area contributed by atoms with Crippen molar-refractivity contribution in [3.63, 3.8) is 0 Å². The first-order valence-corrected chi connectivity index (χ1v) is 6.78. The van der Waals surface area contributed by atoms with Crippen LogP contribution in [0.3, 0.4) is 0 Å². The highest BCUT2D eigenvalue weighted by Gasteiger charge is 2.09. The molecule has 0 atom stereocenters. The summed E-state index contributed by atoms with van der Waals surface area (Å²) in [5, 5.41) is 1.31. The number of hydrogen-bond donors (Lipinski definition) is 1. The van der Waals surface area contributed by atoms with Crippen molar-refractivity contribution in [2.75, 3.05) is 0 Å². The molecule has 0 unspecified atom stereocenters. The molecule has 3 aromatic rings. The maximum Gasteiger partial charge on any atom is 0.142 e. The van der Waals surface area contributed by atoms with E-state index in [4.69, 9.17) is 17.3 Å². The van der Waals surface area contributed by atoms with Gasteiger partial charge in [0.2, 0.25) is 0 Å². The lowest BCUT2D eigenvalue weighted by molar-refractivity contribution is 0.624. The zero-order valence-electron chi connectivity index (χ0n) is 10.8. The second kappa shape index (κ2) is 5.27. The fourth-order valence-corrected chi connectivity index (χ4v) is 2.64. The number of hydrogen-bond acceptors (Lipinski definition) is 1. The third-order valence-electron chi connectivity index (χ3n) is 3.50. The lowest BCUT2D eigenvalue weighted by Crippen LogP contribution is -2.01. The lowest BCUT2D eigenvalue weighted by atomic mass is 10.1. The highest BCUT2D eigenvalue weighted by molar-refractivity contribution is 6.31. The van der Waals surface area contributed by atoms with Crippen LogP contribution in [0.5, 0.6) is 0 Å². The van der Waals surface area contributed by atoms with E-state index < -0.39 is 0 Å². The van der Waals surface area contributed by atoms with Crippen molar-refractivity contribution < 1.29 is 4.39 Å². The maximum absolute atomic E-state index is 13.5. The van der Waals surface area contributed by atoms with E-state index in [9.17, 15) is 4.39 Å². The molecule has 102 valence electrons. The topological polar surface area (TPSA) is 30.9 Å². The summed E-state index contributed by atoms with van der Waals surface area (Å²) in [5.74, 6) is -0.386. The van der Waals surface area contributed by atoms with Crippen LogP contribution in [-0.4, -0.2) is 4.57 Å². The highest BCUT2D eigenvalue weighted by atomic mass is 35.5. The van der Waals surface area contributed by atoms with Gasteiger partial charge < -0.3 is 10.3 Å². The molecule has 20 heavy (non-hydrogen) atoms. The van der Waals surface area contributed by atoms with Crippen LogP contribution in [-0.2, 0) is 13.1 Å². The van der Waals surface area contributed by atoms with Crippen LogP contribution in [0.1, 0.15) is 11.1 Å². The van der Waals surface area contributed by atoms with Crippen LogP contribution < -0.4 is 5.73 Å². The van der Waals surface area contributed by atoms with Gasteiger partial charge in [0.25, 0.3) is 0 Å². The molecule has 0 aliphatic heterocycles. The molecule has 0 radical (unpaired) electrons. The Hall–Kier alpha value is -1.84. The molecule has 1 heterocycles. The van der Waals surface area contributed by atoms with Gasteiger partial charge in [0, 0.05) is 30.2 Å². The van der Waals surface area contributed by atoms with Gasteiger partial charge in [0.15, 0.2) is 0 Å². The summed E-state index contributed by atoms with van der Waals surface area (Å²) in [4.78, 5) is 0.